The first-order chi connectivity index (χ1) is 8.82. The fourth-order valence-electron chi connectivity index (χ4n) is 1.96. The number of sulfonamides is 1. The van der Waals surface area contributed by atoms with Gasteiger partial charge in [0.1, 0.15) is 10.5 Å². The predicted molar refractivity (Wildman–Crippen MR) is 69.2 cm³/mol. The second kappa shape index (κ2) is 4.52. The molecule has 1 aromatic heterocycles. The molecule has 0 saturated carbocycles. The van der Waals surface area contributed by atoms with Crippen LogP contribution in [0.15, 0.2) is 41.4 Å². The number of hydrogen-bond donors (Lipinski definition) is 2. The Labute approximate surface area is 110 Å². The summed E-state index contributed by atoms with van der Waals surface area (Å²) in [6.45, 7) is 0. The van der Waals surface area contributed by atoms with Crippen LogP contribution in [0.5, 0.6) is 0 Å². The van der Waals surface area contributed by atoms with E-state index in [-0.39, 0.29) is 10.5 Å². The summed E-state index contributed by atoms with van der Waals surface area (Å²) in [4.78, 5) is 11.0. The Hall–Kier alpha value is -2.12. The predicted octanol–water partition coefficient (Wildman–Crippen LogP) is 1.04. The van der Waals surface area contributed by atoms with E-state index in [4.69, 9.17) is 5.14 Å². The van der Waals surface area contributed by atoms with Crippen molar-refractivity contribution in [3.8, 4) is 11.3 Å². The van der Waals surface area contributed by atoms with Crippen molar-refractivity contribution in [2.75, 3.05) is 0 Å². The Morgan fingerprint density at radius 3 is 2.32 bits per heavy atom. The zero-order valence-electron chi connectivity index (χ0n) is 10.1. The van der Waals surface area contributed by atoms with Crippen molar-refractivity contribution in [2.45, 2.75) is 4.90 Å². The topological polar surface area (TPSA) is 102 Å². The molecule has 0 spiro atoms. The molecule has 0 amide bonds. The molecule has 0 atom stereocenters. The molecule has 7 heteroatoms. The SMILES string of the molecule is Cn1cc(S(N)(=O)=O)c(C(=O)O)c1-c1ccccc1. The van der Waals surface area contributed by atoms with Crippen LogP contribution in [0.4, 0.5) is 0 Å². The minimum Gasteiger partial charge on any atom is -0.478 e. The molecule has 3 N–H and O–H groups in total. The van der Waals surface area contributed by atoms with Crippen LogP contribution in [0.1, 0.15) is 10.4 Å². The summed E-state index contributed by atoms with van der Waals surface area (Å²) in [6.07, 6.45) is 1.21. The molecule has 0 fully saturated rings. The summed E-state index contributed by atoms with van der Waals surface area (Å²) in [5.74, 6) is -1.33. The van der Waals surface area contributed by atoms with Gasteiger partial charge >= 0.3 is 5.97 Å². The van der Waals surface area contributed by atoms with Crippen LogP contribution in [-0.2, 0) is 17.1 Å². The summed E-state index contributed by atoms with van der Waals surface area (Å²) in [7, 11) is -2.52. The highest BCUT2D eigenvalue weighted by Crippen LogP contribution is 2.29. The molecule has 0 saturated heterocycles. The number of carboxylic acids is 1. The highest BCUT2D eigenvalue weighted by Gasteiger charge is 2.27. The molecule has 100 valence electrons. The third kappa shape index (κ3) is 2.38. The first kappa shape index (κ1) is 13.3. The average Bonchev–Trinajstić information content (AvgIpc) is 2.68. The van der Waals surface area contributed by atoms with E-state index in [1.807, 2.05) is 0 Å². The lowest BCUT2D eigenvalue weighted by Gasteiger charge is -2.05. The zero-order chi connectivity index (χ0) is 14.2. The monoisotopic (exact) mass is 280 g/mol. The van der Waals surface area contributed by atoms with E-state index in [1.165, 1.54) is 10.8 Å². The third-order valence-corrected chi connectivity index (χ3v) is 3.64. The first-order valence-electron chi connectivity index (χ1n) is 5.33. The van der Waals surface area contributed by atoms with Gasteiger partial charge in [0.15, 0.2) is 0 Å². The standard InChI is InChI=1S/C12H12N2O4S/c1-14-7-9(19(13,17)18)10(12(15)16)11(14)8-5-3-2-4-6-8/h2-7H,1H3,(H,15,16)(H2,13,17,18). The van der Waals surface area contributed by atoms with Crippen molar-refractivity contribution in [3.05, 3.63) is 42.1 Å². The van der Waals surface area contributed by atoms with Crippen molar-refractivity contribution in [1.82, 2.24) is 4.57 Å². The lowest BCUT2D eigenvalue weighted by Crippen LogP contribution is -2.15. The highest BCUT2D eigenvalue weighted by molar-refractivity contribution is 7.89. The van der Waals surface area contributed by atoms with Crippen molar-refractivity contribution >= 4 is 16.0 Å². The molecular weight excluding hydrogens is 268 g/mol. The molecule has 0 aliphatic rings. The molecule has 0 radical (unpaired) electrons. The Morgan fingerprint density at radius 1 is 1.26 bits per heavy atom. The first-order valence-corrected chi connectivity index (χ1v) is 6.88. The van der Waals surface area contributed by atoms with Gasteiger partial charge in [-0.2, -0.15) is 0 Å². The summed E-state index contributed by atoms with van der Waals surface area (Å²) in [6, 6.07) is 8.67. The van der Waals surface area contributed by atoms with Gasteiger partial charge in [-0.1, -0.05) is 30.3 Å². The fraction of sp³-hybridized carbons (Fsp3) is 0.0833. The third-order valence-electron chi connectivity index (χ3n) is 2.71. The van der Waals surface area contributed by atoms with Gasteiger partial charge < -0.3 is 9.67 Å². The molecule has 6 nitrogen and oxygen atoms in total. The number of benzene rings is 1. The number of aromatic nitrogens is 1. The van der Waals surface area contributed by atoms with Gasteiger partial charge in [0.05, 0.1) is 5.69 Å². The van der Waals surface area contributed by atoms with E-state index < -0.39 is 16.0 Å². The summed E-state index contributed by atoms with van der Waals surface area (Å²) in [5.41, 5.74) is 0.602. The molecule has 19 heavy (non-hydrogen) atoms. The number of hydrogen-bond acceptors (Lipinski definition) is 3. The summed E-state index contributed by atoms with van der Waals surface area (Å²) >= 11 is 0. The largest absolute Gasteiger partial charge is 0.478 e. The van der Waals surface area contributed by atoms with Crippen LogP contribution in [0, 0.1) is 0 Å². The van der Waals surface area contributed by atoms with Crippen LogP contribution in [0.25, 0.3) is 11.3 Å². The van der Waals surface area contributed by atoms with E-state index >= 15 is 0 Å². The van der Waals surface area contributed by atoms with Gasteiger partial charge in [-0.25, -0.2) is 18.4 Å². The van der Waals surface area contributed by atoms with E-state index in [2.05, 4.69) is 0 Å². The molecule has 0 aliphatic carbocycles. The Morgan fingerprint density at radius 2 is 1.84 bits per heavy atom. The molecule has 0 bridgehead atoms. The number of rotatable bonds is 3. The number of aromatic carboxylic acids is 1. The zero-order valence-corrected chi connectivity index (χ0v) is 10.9. The smallest absolute Gasteiger partial charge is 0.339 e. The number of aryl methyl sites for hydroxylation is 1. The number of nitrogens with zero attached hydrogens (tertiary/aromatic N) is 1. The van der Waals surface area contributed by atoms with E-state index in [9.17, 15) is 18.3 Å². The molecule has 1 aromatic carbocycles. The maximum atomic E-state index is 11.5. The van der Waals surface area contributed by atoms with E-state index in [0.29, 0.717) is 11.3 Å². The van der Waals surface area contributed by atoms with Crippen LogP contribution in [0.3, 0.4) is 0 Å². The van der Waals surface area contributed by atoms with Crippen LogP contribution >= 0.6 is 0 Å². The van der Waals surface area contributed by atoms with Crippen molar-refractivity contribution in [1.29, 1.82) is 0 Å². The molecule has 0 unspecified atom stereocenters. The van der Waals surface area contributed by atoms with Crippen molar-refractivity contribution in [2.24, 2.45) is 12.2 Å². The minimum absolute atomic E-state index is 0.303. The quantitative estimate of drug-likeness (QED) is 0.876. The Balaban J connectivity index is 2.83. The highest BCUT2D eigenvalue weighted by atomic mass is 32.2. The van der Waals surface area contributed by atoms with Gasteiger partial charge in [-0.3, -0.25) is 0 Å². The van der Waals surface area contributed by atoms with Gasteiger partial charge in [0.25, 0.3) is 0 Å². The van der Waals surface area contributed by atoms with Gasteiger partial charge in [-0.15, -0.1) is 0 Å². The molecule has 1 heterocycles. The Bertz CT molecular complexity index is 733. The van der Waals surface area contributed by atoms with Gasteiger partial charge in [0.2, 0.25) is 10.0 Å². The normalized spacial score (nSPS) is 11.5. The maximum absolute atomic E-state index is 11.5. The lowest BCUT2D eigenvalue weighted by atomic mass is 10.1. The number of nitrogens with two attached hydrogens (primary N) is 1. The van der Waals surface area contributed by atoms with E-state index in [0.717, 1.165) is 0 Å². The maximum Gasteiger partial charge on any atom is 0.339 e. The van der Waals surface area contributed by atoms with Crippen LogP contribution < -0.4 is 5.14 Å². The summed E-state index contributed by atoms with van der Waals surface area (Å²) < 4.78 is 24.4. The minimum atomic E-state index is -4.09. The number of carboxylic acid groups (broad SMARTS) is 1. The molecule has 2 aromatic rings. The van der Waals surface area contributed by atoms with Gasteiger partial charge in [-0.05, 0) is 5.56 Å². The fourth-order valence-corrected chi connectivity index (χ4v) is 2.74. The van der Waals surface area contributed by atoms with Crippen LogP contribution in [0.2, 0.25) is 0 Å². The molecule has 0 aliphatic heterocycles. The van der Waals surface area contributed by atoms with Crippen LogP contribution in [-0.4, -0.2) is 24.1 Å². The second-order valence-corrected chi connectivity index (χ2v) is 5.57. The Kier molecular flexibility index (Phi) is 3.17. The van der Waals surface area contributed by atoms with Crippen molar-refractivity contribution in [3.63, 3.8) is 0 Å². The lowest BCUT2D eigenvalue weighted by molar-refractivity contribution is 0.0694. The number of carbonyl (C=O) groups is 1. The van der Waals surface area contributed by atoms with E-state index in [1.54, 1.807) is 37.4 Å². The molecule has 2 rings (SSSR count). The van der Waals surface area contributed by atoms with Crippen molar-refractivity contribution < 1.29 is 18.3 Å². The molecular formula is C12H12N2O4S. The van der Waals surface area contributed by atoms with Gasteiger partial charge in [0, 0.05) is 13.2 Å². The average molecular weight is 280 g/mol. The second-order valence-electron chi connectivity index (χ2n) is 4.04. The number of primary sulfonamides is 1. The summed E-state index contributed by atoms with van der Waals surface area (Å²) in [5, 5.41) is 14.3.